The fourth-order valence-corrected chi connectivity index (χ4v) is 2.76. The molecule has 3 heteroatoms. The molecule has 0 aromatic heterocycles. The van der Waals surface area contributed by atoms with Gasteiger partial charge in [0.1, 0.15) is 0 Å². The van der Waals surface area contributed by atoms with Crippen molar-refractivity contribution >= 4 is 8.32 Å². The lowest BCUT2D eigenvalue weighted by atomic mass is 10.5. The second kappa shape index (κ2) is 2.57. The van der Waals surface area contributed by atoms with Gasteiger partial charge in [-0.25, -0.2) is 0 Å². The van der Waals surface area contributed by atoms with Crippen LogP contribution in [0.25, 0.3) is 0 Å². The Balaban J connectivity index is 2.48. The zero-order chi connectivity index (χ0) is 8.70. The van der Waals surface area contributed by atoms with Crippen molar-refractivity contribution in [3.05, 3.63) is 0 Å². The average molecular weight is 174 g/mol. The molecule has 2 atom stereocenters. The van der Waals surface area contributed by atoms with Crippen LogP contribution >= 0.6 is 0 Å². The largest absolute Gasteiger partial charge is 0.391 e. The molecule has 0 aromatic rings. The van der Waals surface area contributed by atoms with Crippen molar-refractivity contribution in [2.24, 2.45) is 5.92 Å². The van der Waals surface area contributed by atoms with Gasteiger partial charge in [-0.3, -0.25) is 0 Å². The summed E-state index contributed by atoms with van der Waals surface area (Å²) in [6.07, 6.45) is 1.06. The van der Waals surface area contributed by atoms with Crippen LogP contribution in [0.15, 0.2) is 0 Å². The minimum atomic E-state index is -1.42. The third-order valence-electron chi connectivity index (χ3n) is 2.01. The predicted octanol–water partition coefficient (Wildman–Crippen LogP) is 2.22. The monoisotopic (exact) mass is 174 g/mol. The highest BCUT2D eigenvalue weighted by Gasteiger charge is 2.55. The zero-order valence-electron chi connectivity index (χ0n) is 8.10. The van der Waals surface area contributed by atoms with Crippen molar-refractivity contribution in [3.8, 4) is 0 Å². The molecular weight excluding hydrogens is 156 g/mol. The average Bonchev–Trinajstić information content (AvgIpc) is 2.39. The molecule has 0 N–H and O–H groups in total. The molecule has 0 radical (unpaired) electrons. The molecular formula is C8H18O2Si. The lowest BCUT2D eigenvalue weighted by molar-refractivity contribution is -0.0965. The molecule has 0 spiro atoms. The summed E-state index contributed by atoms with van der Waals surface area (Å²) >= 11 is 0. The molecule has 2 unspecified atom stereocenters. The first kappa shape index (κ1) is 9.23. The Kier molecular flexibility index (Phi) is 2.16. The fraction of sp³-hybridized carbons (Fsp3) is 1.00. The SMILES string of the molecule is COC1(O[Si](C)(C)C)CC1C. The Morgan fingerprint density at radius 3 is 1.91 bits per heavy atom. The summed E-state index contributed by atoms with van der Waals surface area (Å²) in [5.41, 5.74) is 0. The number of rotatable bonds is 3. The molecule has 1 rings (SSSR count). The van der Waals surface area contributed by atoms with E-state index in [0.29, 0.717) is 5.92 Å². The third kappa shape index (κ3) is 2.04. The summed E-state index contributed by atoms with van der Waals surface area (Å²) in [4.78, 5) is 0. The molecule has 0 aliphatic heterocycles. The highest BCUT2D eigenvalue weighted by Crippen LogP contribution is 2.48. The number of ether oxygens (including phenoxy) is 1. The van der Waals surface area contributed by atoms with Gasteiger partial charge in [0.05, 0.1) is 0 Å². The van der Waals surface area contributed by atoms with Crippen molar-refractivity contribution in [2.45, 2.75) is 38.8 Å². The second-order valence-electron chi connectivity index (χ2n) is 4.34. The van der Waals surface area contributed by atoms with E-state index < -0.39 is 8.32 Å². The molecule has 1 aliphatic rings. The second-order valence-corrected chi connectivity index (χ2v) is 8.76. The van der Waals surface area contributed by atoms with Crippen molar-refractivity contribution < 1.29 is 9.16 Å². The molecule has 0 aromatic carbocycles. The van der Waals surface area contributed by atoms with Crippen LogP contribution in [0.2, 0.25) is 19.6 Å². The first-order chi connectivity index (χ1) is 4.90. The van der Waals surface area contributed by atoms with Crippen molar-refractivity contribution in [3.63, 3.8) is 0 Å². The normalized spacial score (nSPS) is 37.4. The Bertz CT molecular complexity index is 149. The standard InChI is InChI=1S/C8H18O2Si/c1-7-6-8(7,9-2)10-11(3,4)5/h7H,6H2,1-5H3. The molecule has 0 amide bonds. The van der Waals surface area contributed by atoms with Crippen LogP contribution in [0.3, 0.4) is 0 Å². The smallest absolute Gasteiger partial charge is 0.187 e. The molecule has 0 heterocycles. The van der Waals surface area contributed by atoms with E-state index in [4.69, 9.17) is 9.16 Å². The van der Waals surface area contributed by atoms with E-state index in [0.717, 1.165) is 6.42 Å². The van der Waals surface area contributed by atoms with Crippen LogP contribution in [0.4, 0.5) is 0 Å². The Morgan fingerprint density at radius 1 is 1.36 bits per heavy atom. The summed E-state index contributed by atoms with van der Waals surface area (Å²) < 4.78 is 11.3. The molecule has 0 saturated heterocycles. The van der Waals surface area contributed by atoms with Gasteiger partial charge in [-0.15, -0.1) is 0 Å². The molecule has 11 heavy (non-hydrogen) atoms. The van der Waals surface area contributed by atoms with Gasteiger partial charge in [0, 0.05) is 19.4 Å². The molecule has 1 fully saturated rings. The maximum absolute atomic E-state index is 5.91. The quantitative estimate of drug-likeness (QED) is 0.482. The summed E-state index contributed by atoms with van der Waals surface area (Å²) in [6.45, 7) is 8.75. The molecule has 2 nitrogen and oxygen atoms in total. The molecule has 66 valence electrons. The zero-order valence-corrected chi connectivity index (χ0v) is 9.10. The Morgan fingerprint density at radius 2 is 1.82 bits per heavy atom. The van der Waals surface area contributed by atoms with Crippen LogP contribution in [0.1, 0.15) is 13.3 Å². The summed E-state index contributed by atoms with van der Waals surface area (Å²) in [5.74, 6) is 0.379. The van der Waals surface area contributed by atoms with Crippen molar-refractivity contribution in [2.75, 3.05) is 7.11 Å². The van der Waals surface area contributed by atoms with Gasteiger partial charge in [0.25, 0.3) is 0 Å². The van der Waals surface area contributed by atoms with E-state index in [1.807, 2.05) is 0 Å². The first-order valence-corrected chi connectivity index (χ1v) is 7.56. The maximum atomic E-state index is 5.91. The van der Waals surface area contributed by atoms with Gasteiger partial charge in [0.15, 0.2) is 14.1 Å². The number of methoxy groups -OCH3 is 1. The predicted molar refractivity (Wildman–Crippen MR) is 48.0 cm³/mol. The van der Waals surface area contributed by atoms with Gasteiger partial charge in [-0.1, -0.05) is 6.92 Å². The summed E-state index contributed by atoms with van der Waals surface area (Å²) in [6, 6.07) is 0. The Hall–Kier alpha value is 0.137. The summed E-state index contributed by atoms with van der Waals surface area (Å²) in [5, 5.41) is 0. The van der Waals surface area contributed by atoms with Crippen LogP contribution in [-0.2, 0) is 9.16 Å². The molecule has 0 bridgehead atoms. The van der Waals surface area contributed by atoms with Gasteiger partial charge in [0.2, 0.25) is 0 Å². The van der Waals surface area contributed by atoms with E-state index in [1.54, 1.807) is 7.11 Å². The minimum Gasteiger partial charge on any atom is -0.391 e. The first-order valence-electron chi connectivity index (χ1n) is 4.15. The van der Waals surface area contributed by atoms with Crippen molar-refractivity contribution in [1.82, 2.24) is 0 Å². The van der Waals surface area contributed by atoms with Crippen LogP contribution in [-0.4, -0.2) is 21.2 Å². The van der Waals surface area contributed by atoms with Crippen LogP contribution < -0.4 is 0 Å². The highest BCUT2D eigenvalue weighted by atomic mass is 28.4. The number of hydrogen-bond donors (Lipinski definition) is 0. The van der Waals surface area contributed by atoms with E-state index in [9.17, 15) is 0 Å². The lowest BCUT2D eigenvalue weighted by Crippen LogP contribution is -2.35. The third-order valence-corrected chi connectivity index (χ3v) is 2.96. The van der Waals surface area contributed by atoms with Crippen LogP contribution in [0, 0.1) is 5.92 Å². The lowest BCUT2D eigenvalue weighted by Gasteiger charge is -2.25. The van der Waals surface area contributed by atoms with E-state index >= 15 is 0 Å². The van der Waals surface area contributed by atoms with E-state index in [-0.39, 0.29) is 5.79 Å². The molecule has 1 aliphatic carbocycles. The Labute approximate surface area is 70.0 Å². The number of hydrogen-bond acceptors (Lipinski definition) is 2. The van der Waals surface area contributed by atoms with Crippen molar-refractivity contribution in [1.29, 1.82) is 0 Å². The minimum absolute atomic E-state index is 0.204. The van der Waals surface area contributed by atoms with Crippen LogP contribution in [0.5, 0.6) is 0 Å². The van der Waals surface area contributed by atoms with Gasteiger partial charge < -0.3 is 9.16 Å². The van der Waals surface area contributed by atoms with Gasteiger partial charge in [-0.2, -0.15) is 0 Å². The van der Waals surface area contributed by atoms with E-state index in [2.05, 4.69) is 26.6 Å². The van der Waals surface area contributed by atoms with E-state index in [1.165, 1.54) is 0 Å². The molecule has 1 saturated carbocycles. The topological polar surface area (TPSA) is 18.5 Å². The fourth-order valence-electron chi connectivity index (χ4n) is 1.35. The van der Waals surface area contributed by atoms with Gasteiger partial charge >= 0.3 is 0 Å². The summed E-state index contributed by atoms with van der Waals surface area (Å²) in [7, 11) is 0.322. The highest BCUT2D eigenvalue weighted by molar-refractivity contribution is 6.69. The van der Waals surface area contributed by atoms with Gasteiger partial charge in [-0.05, 0) is 19.6 Å². The maximum Gasteiger partial charge on any atom is 0.187 e.